The minimum absolute atomic E-state index is 0.313. The van der Waals surface area contributed by atoms with E-state index in [-0.39, 0.29) is 0 Å². The summed E-state index contributed by atoms with van der Waals surface area (Å²) in [4.78, 5) is 0. The first-order valence-electron chi connectivity index (χ1n) is 6.29. The lowest BCUT2D eigenvalue weighted by atomic mass is 9.94. The zero-order valence-electron chi connectivity index (χ0n) is 9.82. The van der Waals surface area contributed by atoms with Crippen molar-refractivity contribution in [1.29, 1.82) is 0 Å². The van der Waals surface area contributed by atoms with Crippen LogP contribution < -0.4 is 5.32 Å². The Morgan fingerprint density at radius 2 is 1.82 bits per heavy atom. The standard InChI is InChI=1S/C15H17NO/c17-15-10-12-6-2-1-5-11(12)9-13(15)14-7-3-4-8-16-14/h1-2,5-6,9-10,14,16-17H,3-4,7-8H2. The Morgan fingerprint density at radius 3 is 2.53 bits per heavy atom. The zero-order valence-corrected chi connectivity index (χ0v) is 9.82. The van der Waals surface area contributed by atoms with Gasteiger partial charge in [0, 0.05) is 11.6 Å². The van der Waals surface area contributed by atoms with Crippen LogP contribution in [0.4, 0.5) is 0 Å². The fourth-order valence-electron chi connectivity index (χ4n) is 2.64. The van der Waals surface area contributed by atoms with Crippen molar-refractivity contribution in [2.75, 3.05) is 6.54 Å². The third-order valence-electron chi connectivity index (χ3n) is 3.58. The molecule has 0 radical (unpaired) electrons. The quantitative estimate of drug-likeness (QED) is 0.783. The normalized spacial score (nSPS) is 20.6. The minimum atomic E-state index is 0.313. The van der Waals surface area contributed by atoms with E-state index < -0.39 is 0 Å². The van der Waals surface area contributed by atoms with Gasteiger partial charge in [0.15, 0.2) is 0 Å². The van der Waals surface area contributed by atoms with Crippen molar-refractivity contribution < 1.29 is 5.11 Å². The Bertz CT molecular complexity index is 529. The van der Waals surface area contributed by atoms with Crippen LogP contribution in [0.2, 0.25) is 0 Å². The third-order valence-corrected chi connectivity index (χ3v) is 3.58. The smallest absolute Gasteiger partial charge is 0.120 e. The van der Waals surface area contributed by atoms with E-state index in [2.05, 4.69) is 17.4 Å². The molecule has 88 valence electrons. The summed E-state index contributed by atoms with van der Waals surface area (Å²) in [6.07, 6.45) is 3.60. The first-order valence-corrected chi connectivity index (χ1v) is 6.29. The molecule has 1 fully saturated rings. The topological polar surface area (TPSA) is 32.3 Å². The van der Waals surface area contributed by atoms with Gasteiger partial charge in [-0.2, -0.15) is 0 Å². The lowest BCUT2D eigenvalue weighted by molar-refractivity contribution is 0.391. The van der Waals surface area contributed by atoms with Gasteiger partial charge in [-0.3, -0.25) is 0 Å². The summed E-state index contributed by atoms with van der Waals surface area (Å²) in [5.74, 6) is 0.420. The second-order valence-electron chi connectivity index (χ2n) is 4.76. The number of hydrogen-bond donors (Lipinski definition) is 2. The van der Waals surface area contributed by atoms with Crippen LogP contribution in [0.1, 0.15) is 30.9 Å². The van der Waals surface area contributed by atoms with Gasteiger partial charge >= 0.3 is 0 Å². The molecule has 0 aromatic heterocycles. The van der Waals surface area contributed by atoms with Crippen LogP contribution >= 0.6 is 0 Å². The van der Waals surface area contributed by atoms with Gasteiger partial charge in [0.1, 0.15) is 5.75 Å². The molecule has 1 unspecified atom stereocenters. The van der Waals surface area contributed by atoms with Gasteiger partial charge in [0.2, 0.25) is 0 Å². The highest BCUT2D eigenvalue weighted by molar-refractivity contribution is 5.85. The van der Waals surface area contributed by atoms with Crippen LogP contribution in [0.3, 0.4) is 0 Å². The van der Waals surface area contributed by atoms with Crippen LogP contribution in [-0.4, -0.2) is 11.7 Å². The molecule has 1 aliphatic rings. The summed E-state index contributed by atoms with van der Waals surface area (Å²) in [7, 11) is 0. The maximum absolute atomic E-state index is 10.1. The van der Waals surface area contributed by atoms with Crippen molar-refractivity contribution in [2.45, 2.75) is 25.3 Å². The second-order valence-corrected chi connectivity index (χ2v) is 4.76. The molecule has 0 aliphatic carbocycles. The average Bonchev–Trinajstić information content (AvgIpc) is 2.39. The predicted octanol–water partition coefficient (Wildman–Crippen LogP) is 3.36. The van der Waals surface area contributed by atoms with Gasteiger partial charge in [0.25, 0.3) is 0 Å². The summed E-state index contributed by atoms with van der Waals surface area (Å²) in [5.41, 5.74) is 1.04. The van der Waals surface area contributed by atoms with E-state index in [1.165, 1.54) is 18.2 Å². The summed E-state index contributed by atoms with van der Waals surface area (Å²) in [6, 6.07) is 12.5. The number of hydrogen-bond acceptors (Lipinski definition) is 2. The molecular formula is C15H17NO. The maximum atomic E-state index is 10.1. The zero-order chi connectivity index (χ0) is 11.7. The highest BCUT2D eigenvalue weighted by Crippen LogP contribution is 2.33. The van der Waals surface area contributed by atoms with Crippen molar-refractivity contribution in [1.82, 2.24) is 5.32 Å². The van der Waals surface area contributed by atoms with E-state index in [4.69, 9.17) is 0 Å². The monoisotopic (exact) mass is 227 g/mol. The molecule has 0 spiro atoms. The molecule has 2 heteroatoms. The number of phenols is 1. The van der Waals surface area contributed by atoms with Crippen LogP contribution in [-0.2, 0) is 0 Å². The molecule has 2 aromatic carbocycles. The van der Waals surface area contributed by atoms with Crippen molar-refractivity contribution in [3.8, 4) is 5.75 Å². The van der Waals surface area contributed by atoms with Gasteiger partial charge in [-0.25, -0.2) is 0 Å². The van der Waals surface area contributed by atoms with Crippen molar-refractivity contribution >= 4 is 10.8 Å². The second kappa shape index (κ2) is 4.38. The fraction of sp³-hybridized carbons (Fsp3) is 0.333. The maximum Gasteiger partial charge on any atom is 0.120 e. The molecule has 0 bridgehead atoms. The van der Waals surface area contributed by atoms with E-state index in [1.807, 2.05) is 24.3 Å². The Balaban J connectivity index is 2.06. The molecule has 1 saturated heterocycles. The Kier molecular flexibility index (Phi) is 2.73. The molecule has 2 nitrogen and oxygen atoms in total. The van der Waals surface area contributed by atoms with Gasteiger partial charge in [0.05, 0.1) is 0 Å². The Labute approximate surface area is 101 Å². The SMILES string of the molecule is Oc1cc2ccccc2cc1C1CCCCN1. The van der Waals surface area contributed by atoms with Gasteiger partial charge in [-0.1, -0.05) is 30.7 Å². The first-order chi connectivity index (χ1) is 8.34. The van der Waals surface area contributed by atoms with Crippen molar-refractivity contribution in [3.05, 3.63) is 42.0 Å². The van der Waals surface area contributed by atoms with E-state index in [0.717, 1.165) is 23.9 Å². The highest BCUT2D eigenvalue weighted by atomic mass is 16.3. The molecule has 2 N–H and O–H groups in total. The largest absolute Gasteiger partial charge is 0.508 e. The Morgan fingerprint density at radius 1 is 1.06 bits per heavy atom. The summed E-state index contributed by atoms with van der Waals surface area (Å²) in [5, 5.41) is 15.9. The lowest BCUT2D eigenvalue weighted by Gasteiger charge is -2.24. The summed E-state index contributed by atoms with van der Waals surface area (Å²) >= 11 is 0. The molecule has 1 heterocycles. The molecule has 17 heavy (non-hydrogen) atoms. The summed E-state index contributed by atoms with van der Waals surface area (Å²) < 4.78 is 0. The van der Waals surface area contributed by atoms with Gasteiger partial charge < -0.3 is 10.4 Å². The van der Waals surface area contributed by atoms with Crippen LogP contribution in [0, 0.1) is 0 Å². The van der Waals surface area contributed by atoms with E-state index >= 15 is 0 Å². The molecular weight excluding hydrogens is 210 g/mol. The van der Waals surface area contributed by atoms with E-state index in [9.17, 15) is 5.11 Å². The van der Waals surface area contributed by atoms with Crippen molar-refractivity contribution in [3.63, 3.8) is 0 Å². The fourth-order valence-corrected chi connectivity index (χ4v) is 2.64. The minimum Gasteiger partial charge on any atom is -0.508 e. The van der Waals surface area contributed by atoms with Crippen LogP contribution in [0.15, 0.2) is 36.4 Å². The number of rotatable bonds is 1. The number of aromatic hydroxyl groups is 1. The number of phenolic OH excluding ortho intramolecular Hbond substituents is 1. The lowest BCUT2D eigenvalue weighted by Crippen LogP contribution is -2.26. The number of benzene rings is 2. The van der Waals surface area contributed by atoms with Crippen molar-refractivity contribution in [2.24, 2.45) is 0 Å². The third kappa shape index (κ3) is 2.01. The van der Waals surface area contributed by atoms with Crippen LogP contribution in [0.5, 0.6) is 5.75 Å². The first kappa shape index (κ1) is 10.6. The number of nitrogens with one attached hydrogen (secondary N) is 1. The molecule has 2 aromatic rings. The highest BCUT2D eigenvalue weighted by Gasteiger charge is 2.18. The number of fused-ring (bicyclic) bond motifs is 1. The van der Waals surface area contributed by atoms with Crippen LogP contribution in [0.25, 0.3) is 10.8 Å². The van der Waals surface area contributed by atoms with Gasteiger partial charge in [-0.15, -0.1) is 0 Å². The molecule has 1 atom stereocenters. The van der Waals surface area contributed by atoms with E-state index in [1.54, 1.807) is 0 Å². The molecule has 1 aliphatic heterocycles. The molecule has 3 rings (SSSR count). The Hall–Kier alpha value is -1.54. The summed E-state index contributed by atoms with van der Waals surface area (Å²) in [6.45, 7) is 1.05. The average molecular weight is 227 g/mol. The number of piperidine rings is 1. The predicted molar refractivity (Wildman–Crippen MR) is 70.2 cm³/mol. The molecule has 0 amide bonds. The molecule has 0 saturated carbocycles. The van der Waals surface area contributed by atoms with Gasteiger partial charge in [-0.05, 0) is 42.3 Å². The van der Waals surface area contributed by atoms with E-state index in [0.29, 0.717) is 11.8 Å².